The molecule has 1 saturated carbocycles. The number of carbonyl (C=O) groups is 1. The summed E-state index contributed by atoms with van der Waals surface area (Å²) in [6.07, 6.45) is 10.5. The van der Waals surface area contributed by atoms with Crippen LogP contribution in [0.3, 0.4) is 0 Å². The summed E-state index contributed by atoms with van der Waals surface area (Å²) in [6.45, 7) is 2.31. The first-order valence-electron chi connectivity index (χ1n) is 7.06. The Labute approximate surface area is 110 Å². The van der Waals surface area contributed by atoms with Crippen LogP contribution < -0.4 is 0 Å². The van der Waals surface area contributed by atoms with Gasteiger partial charge in [-0.05, 0) is 19.8 Å². The van der Waals surface area contributed by atoms with Crippen LogP contribution in [0.5, 0.6) is 0 Å². The lowest BCUT2D eigenvalue weighted by Gasteiger charge is -2.20. The minimum atomic E-state index is -0.0910. The van der Waals surface area contributed by atoms with Gasteiger partial charge in [0, 0.05) is 5.38 Å². The van der Waals surface area contributed by atoms with Crippen LogP contribution in [0.2, 0.25) is 0 Å². The molecule has 1 rings (SSSR count). The van der Waals surface area contributed by atoms with Gasteiger partial charge in [0.05, 0.1) is 12.5 Å². The standard InChI is InChI=1S/C14H25ClO2/c1-2-17-14(16)12-10-8-6-4-3-5-7-9-11-13(12)15/h12-13H,2-11H2,1H3. The van der Waals surface area contributed by atoms with Crippen molar-refractivity contribution in [3.63, 3.8) is 0 Å². The fourth-order valence-electron chi connectivity index (χ4n) is 2.48. The van der Waals surface area contributed by atoms with Gasteiger partial charge in [-0.25, -0.2) is 0 Å². The van der Waals surface area contributed by atoms with Crippen molar-refractivity contribution in [2.24, 2.45) is 5.92 Å². The first kappa shape index (κ1) is 14.8. The zero-order valence-corrected chi connectivity index (χ0v) is 11.7. The van der Waals surface area contributed by atoms with Gasteiger partial charge in [0.2, 0.25) is 0 Å². The molecule has 100 valence electrons. The third kappa shape index (κ3) is 5.76. The molecular formula is C14H25ClO2. The van der Waals surface area contributed by atoms with E-state index in [1.165, 1.54) is 32.1 Å². The van der Waals surface area contributed by atoms with Crippen molar-refractivity contribution < 1.29 is 9.53 Å². The van der Waals surface area contributed by atoms with Gasteiger partial charge in [-0.15, -0.1) is 11.6 Å². The number of alkyl halides is 1. The molecule has 0 saturated heterocycles. The van der Waals surface area contributed by atoms with Gasteiger partial charge >= 0.3 is 5.97 Å². The van der Waals surface area contributed by atoms with E-state index in [4.69, 9.17) is 16.3 Å². The fraction of sp³-hybridized carbons (Fsp3) is 0.929. The summed E-state index contributed by atoms with van der Waals surface area (Å²) in [7, 11) is 0. The summed E-state index contributed by atoms with van der Waals surface area (Å²) in [5.74, 6) is -0.179. The maximum atomic E-state index is 11.9. The molecule has 2 nitrogen and oxygen atoms in total. The summed E-state index contributed by atoms with van der Waals surface area (Å²) < 4.78 is 5.13. The largest absolute Gasteiger partial charge is 0.466 e. The molecule has 0 aromatic heterocycles. The Bertz CT molecular complexity index is 218. The monoisotopic (exact) mass is 260 g/mol. The second-order valence-electron chi connectivity index (χ2n) is 4.93. The van der Waals surface area contributed by atoms with E-state index < -0.39 is 0 Å². The summed E-state index contributed by atoms with van der Waals surface area (Å²) in [5, 5.41) is -0.0350. The Morgan fingerprint density at radius 3 is 2.18 bits per heavy atom. The summed E-state index contributed by atoms with van der Waals surface area (Å²) >= 11 is 6.37. The second-order valence-corrected chi connectivity index (χ2v) is 5.49. The van der Waals surface area contributed by atoms with Crippen molar-refractivity contribution in [1.82, 2.24) is 0 Å². The lowest BCUT2D eigenvalue weighted by molar-refractivity contribution is -0.148. The summed E-state index contributed by atoms with van der Waals surface area (Å²) in [5.41, 5.74) is 0. The number of halogens is 1. The molecular weight excluding hydrogens is 236 g/mol. The van der Waals surface area contributed by atoms with E-state index in [9.17, 15) is 4.79 Å². The van der Waals surface area contributed by atoms with Crippen LogP contribution in [0, 0.1) is 5.92 Å². The molecule has 0 heterocycles. The summed E-state index contributed by atoms with van der Waals surface area (Å²) in [4.78, 5) is 11.9. The number of carbonyl (C=O) groups excluding carboxylic acids is 1. The number of esters is 1. The minimum absolute atomic E-state index is 0.0350. The predicted molar refractivity (Wildman–Crippen MR) is 71.3 cm³/mol. The van der Waals surface area contributed by atoms with E-state index in [-0.39, 0.29) is 17.3 Å². The first-order chi connectivity index (χ1) is 8.25. The van der Waals surface area contributed by atoms with Gasteiger partial charge in [0.1, 0.15) is 0 Å². The highest BCUT2D eigenvalue weighted by Gasteiger charge is 2.27. The molecule has 0 amide bonds. The quantitative estimate of drug-likeness (QED) is 0.547. The van der Waals surface area contributed by atoms with E-state index in [2.05, 4.69) is 0 Å². The highest BCUT2D eigenvalue weighted by molar-refractivity contribution is 6.21. The van der Waals surface area contributed by atoms with E-state index in [1.807, 2.05) is 6.92 Å². The van der Waals surface area contributed by atoms with Gasteiger partial charge in [-0.1, -0.05) is 44.9 Å². The molecule has 2 atom stereocenters. The van der Waals surface area contributed by atoms with Crippen LogP contribution >= 0.6 is 11.6 Å². The first-order valence-corrected chi connectivity index (χ1v) is 7.50. The molecule has 0 N–H and O–H groups in total. The smallest absolute Gasteiger partial charge is 0.310 e. The van der Waals surface area contributed by atoms with E-state index >= 15 is 0 Å². The minimum Gasteiger partial charge on any atom is -0.466 e. The highest BCUT2D eigenvalue weighted by Crippen LogP contribution is 2.26. The summed E-state index contributed by atoms with van der Waals surface area (Å²) in [6, 6.07) is 0. The van der Waals surface area contributed by atoms with Crippen molar-refractivity contribution in [2.75, 3.05) is 6.61 Å². The molecule has 0 bridgehead atoms. The molecule has 3 heteroatoms. The van der Waals surface area contributed by atoms with Crippen LogP contribution in [0.15, 0.2) is 0 Å². The molecule has 1 fully saturated rings. The fourth-order valence-corrected chi connectivity index (χ4v) is 2.87. The maximum Gasteiger partial charge on any atom is 0.310 e. The molecule has 0 radical (unpaired) electrons. The Morgan fingerprint density at radius 1 is 1.06 bits per heavy atom. The third-order valence-electron chi connectivity index (χ3n) is 3.52. The van der Waals surface area contributed by atoms with Gasteiger partial charge in [0.25, 0.3) is 0 Å². The van der Waals surface area contributed by atoms with Crippen LogP contribution in [0.4, 0.5) is 0 Å². The number of rotatable bonds is 2. The van der Waals surface area contributed by atoms with Crippen LogP contribution in [0.1, 0.15) is 64.7 Å². The molecule has 0 aromatic rings. The average Bonchev–Trinajstić information content (AvgIpc) is 2.35. The van der Waals surface area contributed by atoms with Gasteiger partial charge in [0.15, 0.2) is 0 Å². The molecule has 0 spiro atoms. The molecule has 1 aliphatic carbocycles. The lowest BCUT2D eigenvalue weighted by atomic mass is 9.95. The third-order valence-corrected chi connectivity index (χ3v) is 4.04. The Morgan fingerprint density at radius 2 is 1.59 bits per heavy atom. The van der Waals surface area contributed by atoms with Crippen LogP contribution in [0.25, 0.3) is 0 Å². The molecule has 2 unspecified atom stereocenters. The number of ether oxygens (including phenoxy) is 1. The second kappa shape index (κ2) is 8.79. The highest BCUT2D eigenvalue weighted by atomic mass is 35.5. The van der Waals surface area contributed by atoms with Gasteiger partial charge in [-0.3, -0.25) is 4.79 Å². The topological polar surface area (TPSA) is 26.3 Å². The average molecular weight is 261 g/mol. The number of hydrogen-bond donors (Lipinski definition) is 0. The molecule has 0 aromatic carbocycles. The zero-order chi connectivity index (χ0) is 12.5. The Hall–Kier alpha value is -0.240. The van der Waals surface area contributed by atoms with Crippen molar-refractivity contribution >= 4 is 17.6 Å². The maximum absolute atomic E-state index is 11.9. The van der Waals surface area contributed by atoms with Crippen molar-refractivity contribution in [3.8, 4) is 0 Å². The van der Waals surface area contributed by atoms with Gasteiger partial charge < -0.3 is 4.74 Å². The predicted octanol–water partition coefficient (Wildman–Crippen LogP) is 4.30. The van der Waals surface area contributed by atoms with E-state index in [0.717, 1.165) is 25.7 Å². The molecule has 17 heavy (non-hydrogen) atoms. The Kier molecular flexibility index (Phi) is 7.67. The van der Waals surface area contributed by atoms with E-state index in [0.29, 0.717) is 6.61 Å². The van der Waals surface area contributed by atoms with Crippen molar-refractivity contribution in [3.05, 3.63) is 0 Å². The number of hydrogen-bond acceptors (Lipinski definition) is 2. The van der Waals surface area contributed by atoms with Crippen molar-refractivity contribution in [1.29, 1.82) is 0 Å². The van der Waals surface area contributed by atoms with Gasteiger partial charge in [-0.2, -0.15) is 0 Å². The molecule has 0 aliphatic heterocycles. The normalized spacial score (nSPS) is 28.1. The SMILES string of the molecule is CCOC(=O)C1CCCCCCCCCC1Cl. The molecule has 1 aliphatic rings. The zero-order valence-electron chi connectivity index (χ0n) is 10.9. The van der Waals surface area contributed by atoms with Crippen LogP contribution in [-0.4, -0.2) is 18.0 Å². The Balaban J connectivity index is 2.51. The lowest BCUT2D eigenvalue weighted by Crippen LogP contribution is -2.26. The van der Waals surface area contributed by atoms with Crippen LogP contribution in [-0.2, 0) is 9.53 Å². The van der Waals surface area contributed by atoms with E-state index in [1.54, 1.807) is 0 Å². The van der Waals surface area contributed by atoms with Crippen molar-refractivity contribution in [2.45, 2.75) is 70.1 Å².